The summed E-state index contributed by atoms with van der Waals surface area (Å²) in [5, 5.41) is 25.6. The van der Waals surface area contributed by atoms with Gasteiger partial charge in [0.15, 0.2) is 11.5 Å². The molecule has 0 atom stereocenters. The minimum absolute atomic E-state index is 0.106. The van der Waals surface area contributed by atoms with Crippen molar-refractivity contribution in [2.45, 2.75) is 3.79 Å². The first kappa shape index (κ1) is 15.9. The predicted molar refractivity (Wildman–Crippen MR) is 67.8 cm³/mol. The highest BCUT2D eigenvalue weighted by molar-refractivity contribution is 6.75. The summed E-state index contributed by atoms with van der Waals surface area (Å²) in [6.45, 7) is 3.51. The van der Waals surface area contributed by atoms with Gasteiger partial charge in [0.2, 0.25) is 0 Å². The van der Waals surface area contributed by atoms with Gasteiger partial charge in [0, 0.05) is 0 Å². The zero-order chi connectivity index (χ0) is 13.6. The minimum Gasteiger partial charge on any atom is -0.504 e. The molecule has 3 N–H and O–H groups in total. The van der Waals surface area contributed by atoms with Gasteiger partial charge in [-0.25, -0.2) is 4.79 Å². The highest BCUT2D eigenvalue weighted by atomic mass is 35.6. The van der Waals surface area contributed by atoms with Crippen molar-refractivity contribution in [3.63, 3.8) is 0 Å². The molecular weight excluding hydrogens is 290 g/mol. The van der Waals surface area contributed by atoms with Gasteiger partial charge in [0.25, 0.3) is 3.79 Å². The van der Waals surface area contributed by atoms with E-state index in [0.717, 1.165) is 5.56 Å². The van der Waals surface area contributed by atoms with Crippen molar-refractivity contribution in [3.8, 4) is 11.5 Å². The summed E-state index contributed by atoms with van der Waals surface area (Å²) in [7, 11) is 0. The number of rotatable bonds is 1. The molecule has 0 fully saturated rings. The van der Waals surface area contributed by atoms with Crippen molar-refractivity contribution in [1.29, 1.82) is 0 Å². The number of alkyl halides is 3. The monoisotopic (exact) mass is 298 g/mol. The highest BCUT2D eigenvalue weighted by Gasteiger charge is 2.29. The average molecular weight is 300 g/mol. The Hall–Kier alpha value is -1.10. The van der Waals surface area contributed by atoms with E-state index in [9.17, 15) is 4.79 Å². The first-order valence-corrected chi connectivity index (χ1v) is 5.26. The second-order valence-corrected chi connectivity index (χ2v) is 5.04. The summed E-state index contributed by atoms with van der Waals surface area (Å²) >= 11 is 14.4. The first-order valence-electron chi connectivity index (χ1n) is 4.13. The lowest BCUT2D eigenvalue weighted by Gasteiger charge is -1.99. The summed E-state index contributed by atoms with van der Waals surface area (Å²) in [6.07, 6.45) is 1.60. The molecule has 1 aromatic carbocycles. The van der Waals surface area contributed by atoms with Gasteiger partial charge in [-0.2, -0.15) is 0 Å². The van der Waals surface area contributed by atoms with E-state index in [0.29, 0.717) is 0 Å². The molecule has 17 heavy (non-hydrogen) atoms. The Labute approximate surface area is 113 Å². The molecular formula is C10H9Cl3O4. The van der Waals surface area contributed by atoms with E-state index in [-0.39, 0.29) is 11.5 Å². The molecule has 0 spiro atoms. The first-order chi connectivity index (χ1) is 7.68. The number of halogens is 3. The maximum atomic E-state index is 9.62. The van der Waals surface area contributed by atoms with Crippen molar-refractivity contribution in [2.75, 3.05) is 0 Å². The largest absolute Gasteiger partial charge is 0.504 e. The smallest absolute Gasteiger partial charge is 0.356 e. The summed E-state index contributed by atoms with van der Waals surface area (Å²) < 4.78 is -2.17. The number of hydrogen-bond donors (Lipinski definition) is 3. The van der Waals surface area contributed by atoms with Crippen LogP contribution in [-0.4, -0.2) is 25.1 Å². The van der Waals surface area contributed by atoms with Crippen LogP contribution >= 0.6 is 34.8 Å². The van der Waals surface area contributed by atoms with Crippen LogP contribution in [0.15, 0.2) is 24.8 Å². The lowest BCUT2D eigenvalue weighted by Crippen LogP contribution is -2.16. The quantitative estimate of drug-likeness (QED) is 0.550. The van der Waals surface area contributed by atoms with Crippen LogP contribution in [0.25, 0.3) is 6.08 Å². The fraction of sp³-hybridized carbons (Fsp3) is 0.100. The van der Waals surface area contributed by atoms with Crippen LogP contribution in [0, 0.1) is 0 Å². The summed E-state index contributed by atoms with van der Waals surface area (Å²) in [5.41, 5.74) is 0.787. The number of hydrogen-bond acceptors (Lipinski definition) is 3. The fourth-order valence-electron chi connectivity index (χ4n) is 0.667. The van der Waals surface area contributed by atoms with Gasteiger partial charge in [-0.3, -0.25) is 0 Å². The molecule has 94 valence electrons. The van der Waals surface area contributed by atoms with Crippen molar-refractivity contribution >= 4 is 46.8 Å². The maximum absolute atomic E-state index is 9.62. The van der Waals surface area contributed by atoms with E-state index < -0.39 is 9.76 Å². The normalized spacial score (nSPS) is 10.1. The van der Waals surface area contributed by atoms with Gasteiger partial charge in [0.05, 0.1) is 0 Å². The lowest BCUT2D eigenvalue weighted by molar-refractivity contribution is -0.135. The van der Waals surface area contributed by atoms with Crippen LogP contribution in [0.2, 0.25) is 0 Å². The maximum Gasteiger partial charge on any atom is 0.356 e. The Morgan fingerprint density at radius 3 is 2.00 bits per heavy atom. The molecule has 0 saturated carbocycles. The number of carboxylic acid groups (broad SMARTS) is 1. The topological polar surface area (TPSA) is 77.8 Å². The number of aromatic hydroxyl groups is 2. The number of phenolic OH excluding ortho intramolecular Hbond substituents is 2. The van der Waals surface area contributed by atoms with Crippen LogP contribution in [0.4, 0.5) is 0 Å². The SMILES string of the molecule is C=Cc1ccc(O)c(O)c1.O=C(O)C(Cl)(Cl)Cl. The molecule has 0 aromatic heterocycles. The van der Waals surface area contributed by atoms with Gasteiger partial charge in [-0.15, -0.1) is 0 Å². The zero-order valence-electron chi connectivity index (χ0n) is 8.40. The van der Waals surface area contributed by atoms with E-state index >= 15 is 0 Å². The second kappa shape index (κ2) is 6.59. The Balaban J connectivity index is 0.000000325. The van der Waals surface area contributed by atoms with E-state index in [1.165, 1.54) is 12.1 Å². The molecule has 0 aliphatic carbocycles. The van der Waals surface area contributed by atoms with Crippen LogP contribution in [0.3, 0.4) is 0 Å². The molecule has 4 nitrogen and oxygen atoms in total. The fourth-order valence-corrected chi connectivity index (χ4v) is 0.667. The number of carboxylic acids is 1. The highest BCUT2D eigenvalue weighted by Crippen LogP contribution is 2.25. The van der Waals surface area contributed by atoms with E-state index in [2.05, 4.69) is 6.58 Å². The Kier molecular flexibility index (Phi) is 6.16. The van der Waals surface area contributed by atoms with Gasteiger partial charge < -0.3 is 15.3 Å². The van der Waals surface area contributed by atoms with Gasteiger partial charge in [0.1, 0.15) is 0 Å². The lowest BCUT2D eigenvalue weighted by atomic mass is 10.2. The average Bonchev–Trinajstić information content (AvgIpc) is 2.21. The van der Waals surface area contributed by atoms with Crippen LogP contribution in [0.5, 0.6) is 11.5 Å². The molecule has 0 aliphatic rings. The number of carbonyl (C=O) groups is 1. The summed E-state index contributed by atoms with van der Waals surface area (Å²) in [5.74, 6) is -1.68. The van der Waals surface area contributed by atoms with Crippen LogP contribution < -0.4 is 0 Å². The third kappa shape index (κ3) is 6.26. The molecule has 0 aliphatic heterocycles. The van der Waals surface area contributed by atoms with Gasteiger partial charge in [-0.1, -0.05) is 53.5 Å². The number of benzene rings is 1. The molecule has 7 heteroatoms. The van der Waals surface area contributed by atoms with Crippen molar-refractivity contribution in [3.05, 3.63) is 30.3 Å². The molecule has 1 rings (SSSR count). The standard InChI is InChI=1S/C8H8O2.C2HCl3O2/c1-2-6-3-4-7(9)8(10)5-6;3-2(4,5)1(6)7/h2-5,9-10H,1H2;(H,6,7). The third-order valence-electron chi connectivity index (χ3n) is 1.48. The third-order valence-corrected chi connectivity index (χ3v) is 1.96. The Bertz CT molecular complexity index is 413. The molecule has 1 aromatic rings. The van der Waals surface area contributed by atoms with Crippen LogP contribution in [-0.2, 0) is 4.79 Å². The van der Waals surface area contributed by atoms with E-state index in [1.807, 2.05) is 0 Å². The summed E-state index contributed by atoms with van der Waals surface area (Å²) in [4.78, 5) is 9.62. The molecule has 0 amide bonds. The second-order valence-electron chi connectivity index (χ2n) is 2.76. The molecule has 0 bridgehead atoms. The Morgan fingerprint density at radius 2 is 1.71 bits per heavy atom. The van der Waals surface area contributed by atoms with Crippen molar-refractivity contribution in [2.24, 2.45) is 0 Å². The predicted octanol–water partition coefficient (Wildman–Crippen LogP) is 3.18. The molecule has 0 unspecified atom stereocenters. The van der Waals surface area contributed by atoms with Crippen molar-refractivity contribution in [1.82, 2.24) is 0 Å². The molecule has 0 radical (unpaired) electrons. The van der Waals surface area contributed by atoms with E-state index in [1.54, 1.807) is 12.1 Å². The summed E-state index contributed by atoms with van der Waals surface area (Å²) in [6, 6.07) is 4.54. The molecule has 0 heterocycles. The van der Waals surface area contributed by atoms with E-state index in [4.69, 9.17) is 50.1 Å². The van der Waals surface area contributed by atoms with Crippen molar-refractivity contribution < 1.29 is 20.1 Å². The Morgan fingerprint density at radius 1 is 1.24 bits per heavy atom. The number of aliphatic carboxylic acids is 1. The number of phenols is 2. The van der Waals surface area contributed by atoms with Gasteiger partial charge in [-0.05, 0) is 17.7 Å². The molecule has 0 saturated heterocycles. The minimum atomic E-state index is -2.17. The van der Waals surface area contributed by atoms with Gasteiger partial charge >= 0.3 is 5.97 Å². The van der Waals surface area contributed by atoms with Crippen LogP contribution in [0.1, 0.15) is 5.56 Å². The zero-order valence-corrected chi connectivity index (χ0v) is 10.7.